The molecule has 116 valence electrons. The van der Waals surface area contributed by atoms with Gasteiger partial charge in [0.2, 0.25) is 5.91 Å². The number of carbonyl (C=O) groups is 1. The summed E-state index contributed by atoms with van der Waals surface area (Å²) in [5, 5.41) is 0. The van der Waals surface area contributed by atoms with Gasteiger partial charge in [-0.25, -0.2) is 12.8 Å². The van der Waals surface area contributed by atoms with E-state index in [9.17, 15) is 17.6 Å². The molecule has 1 amide bonds. The standard InChI is InChI=1S/C15H20FNO3S/c1-11-8-14(12-4-3-5-13(16)9-12)17(10-11)15(18)6-7-21(2,19)20/h3-5,9,11,14H,6-8,10H2,1-2H3/t11-,14+/m1/s1. The summed E-state index contributed by atoms with van der Waals surface area (Å²) in [7, 11) is -3.16. The van der Waals surface area contributed by atoms with Crippen LogP contribution in [0.25, 0.3) is 0 Å². The van der Waals surface area contributed by atoms with Crippen LogP contribution in [0.1, 0.15) is 31.4 Å². The van der Waals surface area contributed by atoms with Gasteiger partial charge < -0.3 is 4.90 Å². The third-order valence-corrected chi connectivity index (χ3v) is 4.70. The van der Waals surface area contributed by atoms with Crippen molar-refractivity contribution in [2.75, 3.05) is 18.6 Å². The van der Waals surface area contributed by atoms with E-state index in [-0.39, 0.29) is 29.9 Å². The zero-order valence-electron chi connectivity index (χ0n) is 12.3. The molecule has 6 heteroatoms. The predicted molar refractivity (Wildman–Crippen MR) is 79.0 cm³/mol. The van der Waals surface area contributed by atoms with Crippen LogP contribution in [0.15, 0.2) is 24.3 Å². The molecule has 0 saturated carbocycles. The lowest BCUT2D eigenvalue weighted by Crippen LogP contribution is -2.32. The molecule has 0 aliphatic carbocycles. The van der Waals surface area contributed by atoms with Crippen LogP contribution in [0.4, 0.5) is 4.39 Å². The highest BCUT2D eigenvalue weighted by molar-refractivity contribution is 7.90. The Kier molecular flexibility index (Phi) is 4.66. The van der Waals surface area contributed by atoms with Crippen LogP contribution >= 0.6 is 0 Å². The van der Waals surface area contributed by atoms with E-state index in [1.807, 2.05) is 13.0 Å². The second-order valence-electron chi connectivity index (χ2n) is 5.84. The average Bonchev–Trinajstić information content (AvgIpc) is 2.77. The van der Waals surface area contributed by atoms with E-state index in [0.29, 0.717) is 12.5 Å². The van der Waals surface area contributed by atoms with Crippen LogP contribution in [-0.2, 0) is 14.6 Å². The Morgan fingerprint density at radius 2 is 2.14 bits per heavy atom. The van der Waals surface area contributed by atoms with Crippen LogP contribution in [0, 0.1) is 11.7 Å². The van der Waals surface area contributed by atoms with Crippen LogP contribution in [0.2, 0.25) is 0 Å². The molecule has 1 aromatic rings. The van der Waals surface area contributed by atoms with Crippen molar-refractivity contribution in [3.05, 3.63) is 35.6 Å². The zero-order valence-corrected chi connectivity index (χ0v) is 13.1. The first kappa shape index (κ1) is 15.9. The molecule has 1 aromatic carbocycles. The van der Waals surface area contributed by atoms with E-state index < -0.39 is 9.84 Å². The number of sulfone groups is 1. The highest BCUT2D eigenvalue weighted by Gasteiger charge is 2.34. The first-order chi connectivity index (χ1) is 9.76. The van der Waals surface area contributed by atoms with E-state index in [0.717, 1.165) is 18.2 Å². The predicted octanol–water partition coefficient (Wildman–Crippen LogP) is 2.17. The van der Waals surface area contributed by atoms with E-state index in [1.165, 1.54) is 12.1 Å². The zero-order chi connectivity index (χ0) is 15.6. The van der Waals surface area contributed by atoms with Gasteiger partial charge in [0, 0.05) is 19.2 Å². The van der Waals surface area contributed by atoms with Gasteiger partial charge in [0.15, 0.2) is 0 Å². The number of amides is 1. The van der Waals surface area contributed by atoms with E-state index >= 15 is 0 Å². The molecule has 1 saturated heterocycles. The maximum absolute atomic E-state index is 13.4. The number of benzene rings is 1. The van der Waals surface area contributed by atoms with Crippen LogP contribution < -0.4 is 0 Å². The summed E-state index contributed by atoms with van der Waals surface area (Å²) in [5.41, 5.74) is 0.770. The van der Waals surface area contributed by atoms with Crippen molar-refractivity contribution in [2.24, 2.45) is 5.92 Å². The molecule has 0 unspecified atom stereocenters. The molecule has 2 atom stereocenters. The topological polar surface area (TPSA) is 54.5 Å². The molecule has 0 spiro atoms. The molecule has 1 aliphatic heterocycles. The number of hydrogen-bond acceptors (Lipinski definition) is 3. The molecule has 0 aromatic heterocycles. The smallest absolute Gasteiger partial charge is 0.224 e. The summed E-state index contributed by atoms with van der Waals surface area (Å²) >= 11 is 0. The largest absolute Gasteiger partial charge is 0.335 e. The third kappa shape index (κ3) is 4.27. The first-order valence-corrected chi connectivity index (χ1v) is 9.05. The monoisotopic (exact) mass is 313 g/mol. The lowest BCUT2D eigenvalue weighted by atomic mass is 10.0. The van der Waals surface area contributed by atoms with Crippen molar-refractivity contribution in [3.63, 3.8) is 0 Å². The van der Waals surface area contributed by atoms with Crippen LogP contribution in [0.5, 0.6) is 0 Å². The van der Waals surface area contributed by atoms with Crippen molar-refractivity contribution >= 4 is 15.7 Å². The average molecular weight is 313 g/mol. The Labute approximate surface area is 124 Å². The molecule has 1 heterocycles. The molecule has 0 radical (unpaired) electrons. The second-order valence-corrected chi connectivity index (χ2v) is 8.10. The molecule has 2 rings (SSSR count). The maximum atomic E-state index is 13.4. The maximum Gasteiger partial charge on any atom is 0.224 e. The number of likely N-dealkylation sites (tertiary alicyclic amines) is 1. The fourth-order valence-electron chi connectivity index (χ4n) is 2.77. The minimum atomic E-state index is -3.16. The Hall–Kier alpha value is -1.43. The molecule has 1 fully saturated rings. The fourth-order valence-corrected chi connectivity index (χ4v) is 3.31. The molecule has 0 N–H and O–H groups in total. The number of nitrogens with zero attached hydrogens (tertiary/aromatic N) is 1. The highest BCUT2D eigenvalue weighted by Crippen LogP contribution is 2.35. The Morgan fingerprint density at radius 3 is 2.76 bits per heavy atom. The van der Waals surface area contributed by atoms with Gasteiger partial charge >= 0.3 is 0 Å². The lowest BCUT2D eigenvalue weighted by Gasteiger charge is -2.25. The quantitative estimate of drug-likeness (QED) is 0.856. The molecule has 0 bridgehead atoms. The van der Waals surface area contributed by atoms with Gasteiger partial charge in [-0.1, -0.05) is 19.1 Å². The lowest BCUT2D eigenvalue weighted by molar-refractivity contribution is -0.131. The number of carbonyl (C=O) groups excluding carboxylic acids is 1. The molecule has 4 nitrogen and oxygen atoms in total. The molecule has 1 aliphatic rings. The minimum absolute atomic E-state index is 0.0165. The van der Waals surface area contributed by atoms with E-state index in [1.54, 1.807) is 11.0 Å². The summed E-state index contributed by atoms with van der Waals surface area (Å²) in [5.74, 6) is -0.331. The number of rotatable bonds is 4. The summed E-state index contributed by atoms with van der Waals surface area (Å²) in [6.07, 6.45) is 1.88. The Bertz CT molecular complexity index is 630. The van der Waals surface area contributed by atoms with Gasteiger partial charge in [0.25, 0.3) is 0 Å². The second kappa shape index (κ2) is 6.13. The molecule has 21 heavy (non-hydrogen) atoms. The fraction of sp³-hybridized carbons (Fsp3) is 0.533. The van der Waals surface area contributed by atoms with Crippen molar-refractivity contribution in [3.8, 4) is 0 Å². The summed E-state index contributed by atoms with van der Waals surface area (Å²) < 4.78 is 35.7. The summed E-state index contributed by atoms with van der Waals surface area (Å²) in [4.78, 5) is 14.0. The molecular weight excluding hydrogens is 293 g/mol. The van der Waals surface area contributed by atoms with Gasteiger partial charge in [-0.3, -0.25) is 4.79 Å². The SMILES string of the molecule is C[C@@H]1C[C@@H](c2cccc(F)c2)N(C(=O)CCS(C)(=O)=O)C1. The van der Waals surface area contributed by atoms with Crippen molar-refractivity contribution in [1.82, 2.24) is 4.90 Å². The van der Waals surface area contributed by atoms with Crippen LogP contribution in [0.3, 0.4) is 0 Å². The van der Waals surface area contributed by atoms with Gasteiger partial charge in [-0.15, -0.1) is 0 Å². The molecular formula is C15H20FNO3S. The minimum Gasteiger partial charge on any atom is -0.335 e. The summed E-state index contributed by atoms with van der Waals surface area (Å²) in [6.45, 7) is 2.62. The first-order valence-electron chi connectivity index (χ1n) is 6.99. The third-order valence-electron chi connectivity index (χ3n) is 3.75. The van der Waals surface area contributed by atoms with Gasteiger partial charge in [-0.05, 0) is 30.0 Å². The highest BCUT2D eigenvalue weighted by atomic mass is 32.2. The van der Waals surface area contributed by atoms with Gasteiger partial charge in [0.1, 0.15) is 15.7 Å². The Morgan fingerprint density at radius 1 is 1.43 bits per heavy atom. The van der Waals surface area contributed by atoms with Gasteiger partial charge in [0.05, 0.1) is 11.8 Å². The van der Waals surface area contributed by atoms with Gasteiger partial charge in [-0.2, -0.15) is 0 Å². The number of halogens is 1. The summed E-state index contributed by atoms with van der Waals surface area (Å²) in [6, 6.07) is 6.09. The normalized spacial score (nSPS) is 22.5. The van der Waals surface area contributed by atoms with E-state index in [2.05, 4.69) is 0 Å². The van der Waals surface area contributed by atoms with Crippen molar-refractivity contribution in [2.45, 2.75) is 25.8 Å². The van der Waals surface area contributed by atoms with Crippen molar-refractivity contribution in [1.29, 1.82) is 0 Å². The number of hydrogen-bond donors (Lipinski definition) is 0. The van der Waals surface area contributed by atoms with E-state index in [4.69, 9.17) is 0 Å². The Balaban J connectivity index is 2.15. The van der Waals surface area contributed by atoms with Crippen molar-refractivity contribution < 1.29 is 17.6 Å². The van der Waals surface area contributed by atoms with Crippen LogP contribution in [-0.4, -0.2) is 37.8 Å².